The van der Waals surface area contributed by atoms with Gasteiger partial charge < -0.3 is 20.8 Å². The van der Waals surface area contributed by atoms with Crippen LogP contribution in [0.2, 0.25) is 0 Å². The molecule has 0 bridgehead atoms. The summed E-state index contributed by atoms with van der Waals surface area (Å²) in [5, 5.41) is 27.1. The molecule has 7 heteroatoms. The highest BCUT2D eigenvalue weighted by Crippen LogP contribution is 2.49. The Balaban J connectivity index is 1.71. The Bertz CT molecular complexity index is 1030. The maximum Gasteiger partial charge on any atom is 0.268 e. The zero-order valence-electron chi connectivity index (χ0n) is 18.8. The Morgan fingerprint density at radius 1 is 1.30 bits per heavy atom. The monoisotopic (exact) mass is 449 g/mol. The maximum absolute atomic E-state index is 13.6. The van der Waals surface area contributed by atoms with Gasteiger partial charge >= 0.3 is 0 Å². The first-order chi connectivity index (χ1) is 16.0. The zero-order chi connectivity index (χ0) is 23.4. The Labute approximate surface area is 194 Å². The minimum atomic E-state index is -1.80. The van der Waals surface area contributed by atoms with Crippen LogP contribution in [0, 0.1) is 11.8 Å². The molecular weight excluding hydrogens is 418 g/mol. The van der Waals surface area contributed by atoms with E-state index in [9.17, 15) is 14.7 Å². The highest BCUT2D eigenvalue weighted by atomic mass is 16.3. The summed E-state index contributed by atoms with van der Waals surface area (Å²) in [4.78, 5) is 27.9. The van der Waals surface area contributed by atoms with Gasteiger partial charge in [-0.25, -0.2) is 0 Å². The van der Waals surface area contributed by atoms with E-state index in [-0.39, 0.29) is 18.4 Å². The number of rotatable bonds is 7. The molecule has 0 saturated carbocycles. The van der Waals surface area contributed by atoms with Gasteiger partial charge in [0.2, 0.25) is 5.91 Å². The van der Waals surface area contributed by atoms with Crippen LogP contribution in [0.1, 0.15) is 31.7 Å². The third kappa shape index (κ3) is 4.44. The number of nitrogens with one attached hydrogen (secondary N) is 2. The summed E-state index contributed by atoms with van der Waals surface area (Å²) in [5.41, 5.74) is 0.461. The molecule has 1 fully saturated rings. The molecule has 0 radical (unpaired) electrons. The van der Waals surface area contributed by atoms with Gasteiger partial charge in [-0.05, 0) is 56.1 Å². The number of carbonyl (C=O) groups is 2. The molecule has 7 nitrogen and oxygen atoms in total. The van der Waals surface area contributed by atoms with Crippen molar-refractivity contribution in [2.45, 2.75) is 31.8 Å². The second-order valence-electron chi connectivity index (χ2n) is 8.74. The van der Waals surface area contributed by atoms with E-state index in [1.54, 1.807) is 37.3 Å². The van der Waals surface area contributed by atoms with Crippen molar-refractivity contribution in [3.8, 4) is 0 Å². The lowest BCUT2D eigenvalue weighted by Gasteiger charge is -2.28. The fourth-order valence-corrected chi connectivity index (χ4v) is 4.62. The highest BCUT2D eigenvalue weighted by Gasteiger charge is 2.53. The van der Waals surface area contributed by atoms with Crippen molar-refractivity contribution in [2.24, 2.45) is 11.8 Å². The lowest BCUT2D eigenvalue weighted by atomic mass is 9.82. The van der Waals surface area contributed by atoms with Crippen LogP contribution in [0.15, 0.2) is 60.7 Å². The lowest BCUT2D eigenvalue weighted by Crippen LogP contribution is -2.42. The average molecular weight is 450 g/mol. The van der Waals surface area contributed by atoms with Crippen molar-refractivity contribution < 1.29 is 19.8 Å². The molecule has 4 rings (SSSR count). The molecule has 2 aliphatic heterocycles. The molecule has 2 aliphatic rings. The predicted octanol–water partition coefficient (Wildman–Crippen LogP) is 3.07. The van der Waals surface area contributed by atoms with E-state index in [0.29, 0.717) is 35.6 Å². The van der Waals surface area contributed by atoms with Crippen molar-refractivity contribution in [2.75, 3.05) is 29.9 Å². The van der Waals surface area contributed by atoms with Crippen LogP contribution < -0.4 is 15.5 Å². The molecular formula is C26H31N3O4. The minimum absolute atomic E-state index is 0.00543. The highest BCUT2D eigenvalue weighted by molar-refractivity contribution is 6.12. The van der Waals surface area contributed by atoms with Crippen molar-refractivity contribution in [1.82, 2.24) is 5.32 Å². The summed E-state index contributed by atoms with van der Waals surface area (Å²) < 4.78 is 0. The molecule has 3 atom stereocenters. The van der Waals surface area contributed by atoms with E-state index in [1.165, 1.54) is 4.90 Å². The lowest BCUT2D eigenvalue weighted by molar-refractivity contribution is -0.138. The summed E-state index contributed by atoms with van der Waals surface area (Å²) in [6.45, 7) is 3.35. The van der Waals surface area contributed by atoms with E-state index in [4.69, 9.17) is 5.11 Å². The molecule has 0 spiro atoms. The largest absolute Gasteiger partial charge is 0.396 e. The number of piperidine rings is 1. The Hall–Kier alpha value is -3.00. The van der Waals surface area contributed by atoms with Crippen LogP contribution >= 0.6 is 0 Å². The Kier molecular flexibility index (Phi) is 6.93. The van der Waals surface area contributed by atoms with Crippen molar-refractivity contribution in [1.29, 1.82) is 0 Å². The number of hydrogen-bond donors (Lipinski definition) is 4. The molecule has 2 aromatic rings. The molecule has 0 aliphatic carbocycles. The number of benzene rings is 2. The second-order valence-corrected chi connectivity index (χ2v) is 8.74. The number of hydrogen-bond acceptors (Lipinski definition) is 5. The number of aliphatic hydroxyl groups excluding tert-OH is 1. The van der Waals surface area contributed by atoms with Crippen LogP contribution in [-0.2, 0) is 15.2 Å². The van der Waals surface area contributed by atoms with Gasteiger partial charge in [0, 0.05) is 36.0 Å². The van der Waals surface area contributed by atoms with Crippen LogP contribution in [0.3, 0.4) is 0 Å². The van der Waals surface area contributed by atoms with Gasteiger partial charge in [-0.3, -0.25) is 14.5 Å². The van der Waals surface area contributed by atoms with Gasteiger partial charge in [0.25, 0.3) is 5.91 Å². The maximum atomic E-state index is 13.6. The SMILES string of the molecule is C[C@@H](/C=C/CCO)[C@]1(O)C(=O)N(c2ccccc2)c2ccc(NC(=O)C3CCCNC3)cc21. The minimum Gasteiger partial charge on any atom is -0.396 e. The summed E-state index contributed by atoms with van der Waals surface area (Å²) in [6, 6.07) is 14.5. The first-order valence-corrected chi connectivity index (χ1v) is 11.5. The molecule has 1 saturated heterocycles. The number of fused-ring (bicyclic) bond motifs is 1. The first-order valence-electron chi connectivity index (χ1n) is 11.5. The summed E-state index contributed by atoms with van der Waals surface area (Å²) >= 11 is 0. The summed E-state index contributed by atoms with van der Waals surface area (Å²) in [6.07, 6.45) is 5.75. The number of anilines is 3. The van der Waals surface area contributed by atoms with Crippen molar-refractivity contribution in [3.63, 3.8) is 0 Å². The molecule has 4 N–H and O–H groups in total. The normalized spacial score (nSPS) is 23.5. The fraction of sp³-hybridized carbons (Fsp3) is 0.385. The van der Waals surface area contributed by atoms with Gasteiger partial charge in [0.15, 0.2) is 5.60 Å². The van der Waals surface area contributed by atoms with Crippen LogP contribution in [0.5, 0.6) is 0 Å². The number of aliphatic hydroxyl groups is 2. The zero-order valence-corrected chi connectivity index (χ0v) is 18.8. The van der Waals surface area contributed by atoms with E-state index in [2.05, 4.69) is 10.6 Å². The summed E-state index contributed by atoms with van der Waals surface area (Å²) in [7, 11) is 0. The van der Waals surface area contributed by atoms with Gasteiger partial charge in [-0.2, -0.15) is 0 Å². The molecule has 2 amide bonds. The second kappa shape index (κ2) is 9.87. The van der Waals surface area contributed by atoms with E-state index in [1.807, 2.05) is 30.3 Å². The Morgan fingerprint density at radius 2 is 2.09 bits per heavy atom. The average Bonchev–Trinajstić information content (AvgIpc) is 3.07. The quantitative estimate of drug-likeness (QED) is 0.487. The Morgan fingerprint density at radius 3 is 2.79 bits per heavy atom. The fourth-order valence-electron chi connectivity index (χ4n) is 4.62. The molecule has 174 valence electrons. The first kappa shape index (κ1) is 23.2. The van der Waals surface area contributed by atoms with Gasteiger partial charge in [-0.15, -0.1) is 0 Å². The van der Waals surface area contributed by atoms with E-state index >= 15 is 0 Å². The number of nitrogens with zero attached hydrogens (tertiary/aromatic N) is 1. The molecule has 2 heterocycles. The van der Waals surface area contributed by atoms with E-state index < -0.39 is 17.4 Å². The standard InChI is InChI=1S/C26H31N3O4/c1-18(8-5-6-15-30)26(33)22-16-20(28-24(31)19-9-7-14-27-17-19)12-13-23(22)29(25(26)32)21-10-3-2-4-11-21/h2-5,8,10-13,16,18-19,27,30,33H,6-7,9,14-15,17H2,1H3,(H,28,31)/b8-5+/t18-,19?,26+/m0/s1. The van der Waals surface area contributed by atoms with Gasteiger partial charge in [0.1, 0.15) is 0 Å². The number of amides is 2. The molecule has 0 aromatic heterocycles. The van der Waals surface area contributed by atoms with Gasteiger partial charge in [-0.1, -0.05) is 37.3 Å². The van der Waals surface area contributed by atoms with Crippen LogP contribution in [-0.4, -0.2) is 41.7 Å². The molecule has 2 aromatic carbocycles. The molecule has 1 unspecified atom stereocenters. The van der Waals surface area contributed by atoms with Crippen LogP contribution in [0.4, 0.5) is 17.1 Å². The third-order valence-corrected chi connectivity index (χ3v) is 6.51. The smallest absolute Gasteiger partial charge is 0.268 e. The van der Waals surface area contributed by atoms with Gasteiger partial charge in [0.05, 0.1) is 11.6 Å². The molecule has 33 heavy (non-hydrogen) atoms. The number of carbonyl (C=O) groups excluding carboxylic acids is 2. The predicted molar refractivity (Wildman–Crippen MR) is 128 cm³/mol. The third-order valence-electron chi connectivity index (χ3n) is 6.51. The van der Waals surface area contributed by atoms with Crippen molar-refractivity contribution >= 4 is 28.9 Å². The van der Waals surface area contributed by atoms with Crippen molar-refractivity contribution in [3.05, 3.63) is 66.2 Å². The number of para-hydroxylation sites is 1. The summed E-state index contributed by atoms with van der Waals surface area (Å²) in [5.74, 6) is -1.15. The van der Waals surface area contributed by atoms with Crippen LogP contribution in [0.25, 0.3) is 0 Å². The van der Waals surface area contributed by atoms with E-state index in [0.717, 1.165) is 19.4 Å². The topological polar surface area (TPSA) is 102 Å².